The second-order valence-corrected chi connectivity index (χ2v) is 9.38. The van der Waals surface area contributed by atoms with Gasteiger partial charge in [0, 0.05) is 23.4 Å². The minimum Gasteiger partial charge on any atom is -0.386 e. The number of amidine groups is 1. The molecule has 1 unspecified atom stereocenters. The molecule has 1 aliphatic rings. The van der Waals surface area contributed by atoms with Crippen LogP contribution < -0.4 is 10.5 Å². The van der Waals surface area contributed by atoms with Crippen LogP contribution in [-0.4, -0.2) is 32.9 Å². The van der Waals surface area contributed by atoms with Gasteiger partial charge in [-0.15, -0.1) is 0 Å². The molecule has 0 bridgehead atoms. The molecule has 0 saturated carbocycles. The van der Waals surface area contributed by atoms with Crippen molar-refractivity contribution in [3.8, 4) is 0 Å². The van der Waals surface area contributed by atoms with Crippen molar-refractivity contribution in [3.05, 3.63) is 39.7 Å². The molecule has 7 nitrogen and oxygen atoms in total. The Labute approximate surface area is 135 Å². The number of nitro groups is 1. The van der Waals surface area contributed by atoms with E-state index in [1.807, 2.05) is 0 Å². The Morgan fingerprint density at radius 1 is 1.48 bits per heavy atom. The smallest absolute Gasteiger partial charge is 0.270 e. The number of aliphatic imine (C=N–C) groups is 1. The molecule has 23 heavy (non-hydrogen) atoms. The van der Waals surface area contributed by atoms with Crippen molar-refractivity contribution in [2.24, 2.45) is 10.7 Å². The fourth-order valence-corrected chi connectivity index (χ4v) is 5.14. The van der Waals surface area contributed by atoms with E-state index in [4.69, 9.17) is 5.73 Å². The molecule has 1 aromatic rings. The van der Waals surface area contributed by atoms with Crippen molar-refractivity contribution in [2.75, 3.05) is 12.8 Å². The van der Waals surface area contributed by atoms with Crippen LogP contribution in [0.4, 0.5) is 10.1 Å². The molecule has 0 saturated heterocycles. The summed E-state index contributed by atoms with van der Waals surface area (Å²) in [5.41, 5.74) is 4.66. The van der Waals surface area contributed by atoms with Gasteiger partial charge in [-0.25, -0.2) is 4.39 Å². The number of benzene rings is 1. The minimum absolute atomic E-state index is 0.0475. The second-order valence-electron chi connectivity index (χ2n) is 6.25. The number of rotatable bonds is 3. The predicted octanol–water partition coefficient (Wildman–Crippen LogP) is 2.51. The normalized spacial score (nSPS) is 32.7. The Balaban J connectivity index is 2.66. The monoisotopic (exact) mass is 344 g/mol. The maximum atomic E-state index is 14.3. The SMILES string of the molecule is CNS1(O)C[C@@](C)(c2cc([N+](=O)[O-])ccc2F)N=C(N)C1(C)C. The van der Waals surface area contributed by atoms with Crippen molar-refractivity contribution in [3.63, 3.8) is 0 Å². The minimum atomic E-state index is -2.45. The summed E-state index contributed by atoms with van der Waals surface area (Å²) < 4.78 is 27.4. The maximum Gasteiger partial charge on any atom is 0.270 e. The summed E-state index contributed by atoms with van der Waals surface area (Å²) in [5.74, 6) is -0.335. The van der Waals surface area contributed by atoms with Crippen molar-refractivity contribution in [2.45, 2.75) is 31.1 Å². The summed E-state index contributed by atoms with van der Waals surface area (Å²) in [5, 5.41) is 11.0. The molecule has 2 atom stereocenters. The Morgan fingerprint density at radius 3 is 2.61 bits per heavy atom. The number of hydrogen-bond acceptors (Lipinski definition) is 6. The Bertz CT molecular complexity index is 697. The van der Waals surface area contributed by atoms with Crippen molar-refractivity contribution < 1.29 is 13.9 Å². The molecule has 0 aromatic heterocycles. The number of hydrogen-bond donors (Lipinski definition) is 3. The van der Waals surface area contributed by atoms with Crippen LogP contribution in [0.5, 0.6) is 0 Å². The van der Waals surface area contributed by atoms with E-state index in [1.54, 1.807) is 27.8 Å². The van der Waals surface area contributed by atoms with E-state index in [2.05, 4.69) is 9.71 Å². The number of nitro benzene ring substituents is 1. The lowest BCUT2D eigenvalue weighted by molar-refractivity contribution is -0.385. The summed E-state index contributed by atoms with van der Waals surface area (Å²) in [7, 11) is -0.842. The van der Waals surface area contributed by atoms with Crippen LogP contribution in [0.25, 0.3) is 0 Å². The molecule has 2 rings (SSSR count). The lowest BCUT2D eigenvalue weighted by Gasteiger charge is -2.53. The molecule has 1 heterocycles. The van der Waals surface area contributed by atoms with Gasteiger partial charge in [-0.2, -0.15) is 0 Å². The van der Waals surface area contributed by atoms with Crippen molar-refractivity contribution in [1.29, 1.82) is 0 Å². The molecule has 0 aliphatic carbocycles. The van der Waals surface area contributed by atoms with Gasteiger partial charge in [-0.3, -0.25) is 19.8 Å². The summed E-state index contributed by atoms with van der Waals surface area (Å²) in [6.07, 6.45) is 0. The molecular formula is C14H21FN4O3S. The lowest BCUT2D eigenvalue weighted by Crippen LogP contribution is -2.55. The predicted molar refractivity (Wildman–Crippen MR) is 90.3 cm³/mol. The zero-order valence-corrected chi connectivity index (χ0v) is 14.3. The Morgan fingerprint density at radius 2 is 2.09 bits per heavy atom. The lowest BCUT2D eigenvalue weighted by atomic mass is 9.93. The average molecular weight is 344 g/mol. The van der Waals surface area contributed by atoms with Gasteiger partial charge in [-0.1, -0.05) is 10.5 Å². The fourth-order valence-electron chi connectivity index (χ4n) is 2.70. The summed E-state index contributed by atoms with van der Waals surface area (Å²) in [4.78, 5) is 14.8. The van der Waals surface area contributed by atoms with Gasteiger partial charge in [-0.05, 0) is 33.9 Å². The molecule has 0 radical (unpaired) electrons. The molecule has 4 N–H and O–H groups in total. The van der Waals surface area contributed by atoms with Crippen LogP contribution in [0.2, 0.25) is 0 Å². The summed E-state index contributed by atoms with van der Waals surface area (Å²) >= 11 is 0. The third-order valence-corrected chi connectivity index (χ3v) is 7.95. The molecule has 0 amide bonds. The van der Waals surface area contributed by atoms with Crippen LogP contribution in [0, 0.1) is 15.9 Å². The fraction of sp³-hybridized carbons (Fsp3) is 0.500. The van der Waals surface area contributed by atoms with Crippen LogP contribution in [0.3, 0.4) is 0 Å². The number of nitrogens with zero attached hydrogens (tertiary/aromatic N) is 2. The van der Waals surface area contributed by atoms with Gasteiger partial charge < -0.3 is 10.3 Å². The van der Waals surface area contributed by atoms with Crippen LogP contribution in [0.1, 0.15) is 26.3 Å². The first-order valence-electron chi connectivity index (χ1n) is 6.98. The van der Waals surface area contributed by atoms with E-state index >= 15 is 0 Å². The first kappa shape index (κ1) is 17.6. The molecule has 128 valence electrons. The Hall–Kier alpha value is -1.71. The highest BCUT2D eigenvalue weighted by Gasteiger charge is 2.51. The molecule has 0 fully saturated rings. The van der Waals surface area contributed by atoms with Gasteiger partial charge in [0.2, 0.25) is 0 Å². The number of halogens is 1. The average Bonchev–Trinajstić information content (AvgIpc) is 2.45. The standard InChI is InChI=1S/C14H21FN4O3S/c1-13(2)12(16)18-14(3,8-23(13,22)17-4)10-7-9(19(20)21)5-6-11(10)15/h5-7,17,22H,8H2,1-4H3,(H2,16,18)/t14-/m0/s1. The molecule has 1 aliphatic heterocycles. The zero-order valence-electron chi connectivity index (χ0n) is 13.5. The molecule has 0 spiro atoms. The first-order chi connectivity index (χ1) is 10.5. The third-order valence-electron chi connectivity index (χ3n) is 4.40. The molecule has 1 aromatic carbocycles. The van der Waals surface area contributed by atoms with E-state index in [9.17, 15) is 19.1 Å². The van der Waals surface area contributed by atoms with Crippen LogP contribution in [0.15, 0.2) is 23.2 Å². The van der Waals surface area contributed by atoms with Crippen molar-refractivity contribution >= 4 is 22.0 Å². The first-order valence-corrected chi connectivity index (χ1v) is 8.74. The van der Waals surface area contributed by atoms with Gasteiger partial charge in [0.15, 0.2) is 0 Å². The highest BCUT2D eigenvalue weighted by molar-refractivity contribution is 8.29. The van der Waals surface area contributed by atoms with Gasteiger partial charge in [0.1, 0.15) is 11.7 Å². The number of nitrogens with one attached hydrogen (secondary N) is 1. The summed E-state index contributed by atoms with van der Waals surface area (Å²) in [6.45, 7) is 5.15. The second kappa shape index (κ2) is 5.43. The highest BCUT2D eigenvalue weighted by Crippen LogP contribution is 2.59. The third kappa shape index (κ3) is 2.68. The van der Waals surface area contributed by atoms with Crippen LogP contribution >= 0.6 is 10.5 Å². The van der Waals surface area contributed by atoms with E-state index < -0.39 is 31.5 Å². The topological polar surface area (TPSA) is 114 Å². The quantitative estimate of drug-likeness (QED) is 0.576. The Kier molecular flexibility index (Phi) is 4.16. The van der Waals surface area contributed by atoms with E-state index in [0.717, 1.165) is 18.2 Å². The highest BCUT2D eigenvalue weighted by atomic mass is 32.3. The zero-order chi connectivity index (χ0) is 17.6. The van der Waals surface area contributed by atoms with Crippen LogP contribution in [-0.2, 0) is 5.54 Å². The van der Waals surface area contributed by atoms with E-state index in [0.29, 0.717) is 0 Å². The van der Waals surface area contributed by atoms with Gasteiger partial charge >= 0.3 is 0 Å². The molecular weight excluding hydrogens is 323 g/mol. The number of nitrogens with two attached hydrogens (primary N) is 1. The van der Waals surface area contributed by atoms with E-state index in [1.165, 1.54) is 0 Å². The van der Waals surface area contributed by atoms with Crippen molar-refractivity contribution in [1.82, 2.24) is 4.72 Å². The van der Waals surface area contributed by atoms with Gasteiger partial charge in [0.25, 0.3) is 5.69 Å². The largest absolute Gasteiger partial charge is 0.386 e. The number of non-ortho nitro benzene ring substituents is 1. The molecule has 9 heteroatoms. The van der Waals surface area contributed by atoms with E-state index in [-0.39, 0.29) is 22.8 Å². The maximum absolute atomic E-state index is 14.3. The summed E-state index contributed by atoms with van der Waals surface area (Å²) in [6, 6.07) is 3.29. The van der Waals surface area contributed by atoms with Gasteiger partial charge in [0.05, 0.1) is 15.2 Å².